The topological polar surface area (TPSA) is 17.8 Å². The molecule has 1 rings (SSSR count). The second-order valence-electron chi connectivity index (χ2n) is 2.37. The standard InChI is InChI=1S/C7H13N2P/c1-2-3-7(10)9-5-4-8-6-9/h4-7H,2-3,10H2,1H3. The van der Waals surface area contributed by atoms with Gasteiger partial charge in [0.1, 0.15) is 0 Å². The van der Waals surface area contributed by atoms with Gasteiger partial charge in [-0.05, 0) is 6.42 Å². The van der Waals surface area contributed by atoms with Crippen LogP contribution in [0.5, 0.6) is 0 Å². The second kappa shape index (κ2) is 3.72. The smallest absolute Gasteiger partial charge is 0.0951 e. The van der Waals surface area contributed by atoms with Gasteiger partial charge in [-0.1, -0.05) is 13.3 Å². The summed E-state index contributed by atoms with van der Waals surface area (Å²) in [5, 5.41) is 0. The molecule has 0 aliphatic heterocycles. The molecule has 2 atom stereocenters. The molecule has 0 radical (unpaired) electrons. The molecule has 0 spiro atoms. The van der Waals surface area contributed by atoms with Crippen LogP contribution in [0.1, 0.15) is 25.5 Å². The van der Waals surface area contributed by atoms with E-state index in [-0.39, 0.29) is 0 Å². The molecule has 56 valence electrons. The van der Waals surface area contributed by atoms with Crippen molar-refractivity contribution >= 4 is 9.24 Å². The molecule has 0 aromatic carbocycles. The molecule has 0 amide bonds. The highest BCUT2D eigenvalue weighted by molar-refractivity contribution is 7.16. The molecule has 0 bridgehead atoms. The maximum atomic E-state index is 3.98. The summed E-state index contributed by atoms with van der Waals surface area (Å²) in [5.41, 5.74) is 0. The third kappa shape index (κ3) is 1.81. The molecular formula is C7H13N2P. The second-order valence-corrected chi connectivity index (χ2v) is 3.14. The lowest BCUT2D eigenvalue weighted by atomic mass is 10.3. The van der Waals surface area contributed by atoms with Crippen LogP contribution in [0.2, 0.25) is 0 Å². The zero-order valence-corrected chi connectivity index (χ0v) is 7.35. The van der Waals surface area contributed by atoms with Crippen molar-refractivity contribution < 1.29 is 0 Å². The number of aromatic nitrogens is 2. The quantitative estimate of drug-likeness (QED) is 0.612. The lowest BCUT2D eigenvalue weighted by molar-refractivity contribution is 0.613. The van der Waals surface area contributed by atoms with Gasteiger partial charge in [-0.3, -0.25) is 0 Å². The lowest BCUT2D eigenvalue weighted by Crippen LogP contribution is -1.97. The van der Waals surface area contributed by atoms with Crippen molar-refractivity contribution in [2.75, 3.05) is 0 Å². The molecule has 0 saturated carbocycles. The van der Waals surface area contributed by atoms with Crippen LogP contribution in [0.4, 0.5) is 0 Å². The van der Waals surface area contributed by atoms with Gasteiger partial charge in [0.2, 0.25) is 0 Å². The molecule has 0 saturated heterocycles. The Hall–Kier alpha value is -0.360. The van der Waals surface area contributed by atoms with Crippen LogP contribution in [0.15, 0.2) is 18.7 Å². The van der Waals surface area contributed by atoms with E-state index in [0.717, 1.165) is 0 Å². The van der Waals surface area contributed by atoms with E-state index < -0.39 is 0 Å². The SMILES string of the molecule is CCCC(P)n1ccnc1. The van der Waals surface area contributed by atoms with Crippen molar-refractivity contribution in [1.29, 1.82) is 0 Å². The van der Waals surface area contributed by atoms with E-state index >= 15 is 0 Å². The van der Waals surface area contributed by atoms with Crippen LogP contribution >= 0.6 is 9.24 Å². The summed E-state index contributed by atoms with van der Waals surface area (Å²) < 4.78 is 2.11. The van der Waals surface area contributed by atoms with E-state index in [1.807, 2.05) is 18.7 Å². The highest BCUT2D eigenvalue weighted by atomic mass is 31.0. The first kappa shape index (κ1) is 7.74. The molecule has 1 aromatic heterocycles. The molecule has 1 heterocycles. The maximum absolute atomic E-state index is 3.98. The van der Waals surface area contributed by atoms with Crippen LogP contribution in [0.25, 0.3) is 0 Å². The number of hydrogen-bond acceptors (Lipinski definition) is 1. The van der Waals surface area contributed by atoms with E-state index in [4.69, 9.17) is 0 Å². The third-order valence-corrected chi connectivity index (χ3v) is 2.17. The van der Waals surface area contributed by atoms with Crippen molar-refractivity contribution in [1.82, 2.24) is 9.55 Å². The minimum Gasteiger partial charge on any atom is -0.331 e. The van der Waals surface area contributed by atoms with E-state index in [0.29, 0.717) is 5.78 Å². The Balaban J connectivity index is 2.50. The normalized spacial score (nSPS) is 13.4. The maximum Gasteiger partial charge on any atom is 0.0951 e. The average molecular weight is 156 g/mol. The van der Waals surface area contributed by atoms with Gasteiger partial charge in [0.05, 0.1) is 6.33 Å². The Labute approximate surface area is 63.9 Å². The Morgan fingerprint density at radius 3 is 3.00 bits per heavy atom. The predicted molar refractivity (Wildman–Crippen MR) is 45.9 cm³/mol. The lowest BCUT2D eigenvalue weighted by Gasteiger charge is -2.09. The minimum atomic E-state index is 0.521. The van der Waals surface area contributed by atoms with Crippen molar-refractivity contribution in [3.63, 3.8) is 0 Å². The monoisotopic (exact) mass is 156 g/mol. The predicted octanol–water partition coefficient (Wildman–Crippen LogP) is 2.06. The number of rotatable bonds is 3. The first-order chi connectivity index (χ1) is 4.84. The fraction of sp³-hybridized carbons (Fsp3) is 0.571. The van der Waals surface area contributed by atoms with E-state index in [1.165, 1.54) is 12.8 Å². The molecule has 0 aliphatic rings. The highest BCUT2D eigenvalue weighted by Gasteiger charge is 1.99. The van der Waals surface area contributed by atoms with Crippen molar-refractivity contribution in [2.24, 2.45) is 0 Å². The Kier molecular flexibility index (Phi) is 2.88. The molecular weight excluding hydrogens is 143 g/mol. The van der Waals surface area contributed by atoms with Gasteiger partial charge in [0.25, 0.3) is 0 Å². The molecule has 2 nitrogen and oxygen atoms in total. The summed E-state index contributed by atoms with van der Waals surface area (Å²) in [6.07, 6.45) is 8.07. The molecule has 10 heavy (non-hydrogen) atoms. The largest absolute Gasteiger partial charge is 0.331 e. The zero-order chi connectivity index (χ0) is 7.40. The van der Waals surface area contributed by atoms with Crippen LogP contribution in [-0.4, -0.2) is 9.55 Å². The summed E-state index contributed by atoms with van der Waals surface area (Å²) in [6.45, 7) is 2.19. The van der Waals surface area contributed by atoms with Crippen LogP contribution < -0.4 is 0 Å². The van der Waals surface area contributed by atoms with Gasteiger partial charge in [-0.15, -0.1) is 9.24 Å². The molecule has 0 aliphatic carbocycles. The molecule has 0 N–H and O–H groups in total. The van der Waals surface area contributed by atoms with Gasteiger partial charge in [0, 0.05) is 18.2 Å². The highest BCUT2D eigenvalue weighted by Crippen LogP contribution is 2.19. The van der Waals surface area contributed by atoms with Crippen molar-refractivity contribution in [3.8, 4) is 0 Å². The van der Waals surface area contributed by atoms with Gasteiger partial charge in [0.15, 0.2) is 0 Å². The van der Waals surface area contributed by atoms with Crippen molar-refractivity contribution in [2.45, 2.75) is 25.5 Å². The first-order valence-electron chi connectivity index (χ1n) is 3.57. The molecule has 0 fully saturated rings. The Morgan fingerprint density at radius 1 is 1.70 bits per heavy atom. The van der Waals surface area contributed by atoms with Gasteiger partial charge < -0.3 is 4.57 Å². The summed E-state index contributed by atoms with van der Waals surface area (Å²) in [7, 11) is 2.81. The van der Waals surface area contributed by atoms with Gasteiger partial charge in [-0.2, -0.15) is 0 Å². The molecule has 3 heteroatoms. The summed E-state index contributed by atoms with van der Waals surface area (Å²) in [6, 6.07) is 0. The van der Waals surface area contributed by atoms with Crippen LogP contribution in [-0.2, 0) is 0 Å². The number of imidazole rings is 1. The van der Waals surface area contributed by atoms with Gasteiger partial charge in [-0.25, -0.2) is 4.98 Å². The zero-order valence-electron chi connectivity index (χ0n) is 6.20. The first-order valence-corrected chi connectivity index (χ1v) is 4.24. The Morgan fingerprint density at radius 2 is 2.50 bits per heavy atom. The molecule has 2 unspecified atom stereocenters. The fourth-order valence-corrected chi connectivity index (χ4v) is 1.42. The minimum absolute atomic E-state index is 0.521. The summed E-state index contributed by atoms with van der Waals surface area (Å²) in [4.78, 5) is 3.98. The van der Waals surface area contributed by atoms with Crippen LogP contribution in [0.3, 0.4) is 0 Å². The van der Waals surface area contributed by atoms with E-state index in [1.54, 1.807) is 0 Å². The average Bonchev–Trinajstić information content (AvgIpc) is 2.38. The number of nitrogens with zero attached hydrogens (tertiary/aromatic N) is 2. The van der Waals surface area contributed by atoms with Gasteiger partial charge >= 0.3 is 0 Å². The van der Waals surface area contributed by atoms with Crippen LogP contribution in [0, 0.1) is 0 Å². The Bertz CT molecular complexity index is 172. The van der Waals surface area contributed by atoms with E-state index in [9.17, 15) is 0 Å². The summed E-state index contributed by atoms with van der Waals surface area (Å²) >= 11 is 0. The third-order valence-electron chi connectivity index (χ3n) is 1.49. The summed E-state index contributed by atoms with van der Waals surface area (Å²) in [5.74, 6) is 0.521. The van der Waals surface area contributed by atoms with E-state index in [2.05, 4.69) is 25.7 Å². The number of hydrogen-bond donors (Lipinski definition) is 0. The molecule has 1 aromatic rings. The fourth-order valence-electron chi connectivity index (χ4n) is 0.910. The van der Waals surface area contributed by atoms with Crippen molar-refractivity contribution in [3.05, 3.63) is 18.7 Å².